The Hall–Kier alpha value is -3.60. The van der Waals surface area contributed by atoms with Gasteiger partial charge >= 0.3 is 12.5 Å². The molecule has 11 nitrogen and oxygen atoms in total. The zero-order chi connectivity index (χ0) is 27.2. The molecule has 1 amide bonds. The van der Waals surface area contributed by atoms with Crippen molar-refractivity contribution in [2.24, 2.45) is 0 Å². The Balaban J connectivity index is 1.30. The summed E-state index contributed by atoms with van der Waals surface area (Å²) in [7, 11) is 0. The molecular formula is C21H21F6N7O4. The summed E-state index contributed by atoms with van der Waals surface area (Å²) in [6.45, 7) is 0.697. The van der Waals surface area contributed by atoms with Crippen molar-refractivity contribution in [3.05, 3.63) is 35.4 Å². The zero-order valence-electron chi connectivity index (χ0n) is 19.6. The minimum atomic E-state index is -4.91. The van der Waals surface area contributed by atoms with Gasteiger partial charge in [0.15, 0.2) is 23.9 Å². The van der Waals surface area contributed by atoms with Crippen LogP contribution in [0.25, 0.3) is 5.52 Å². The summed E-state index contributed by atoms with van der Waals surface area (Å²) in [6, 6.07) is 2.51. The number of nitrogens with one attached hydrogen (secondary N) is 3. The summed E-state index contributed by atoms with van der Waals surface area (Å²) in [6.07, 6.45) is -10.2. The maximum Gasteiger partial charge on any atom is 0.522 e. The Labute approximate surface area is 209 Å². The first-order valence-electron chi connectivity index (χ1n) is 11.3. The predicted octanol–water partition coefficient (Wildman–Crippen LogP) is 4.23. The second-order valence-electron chi connectivity index (χ2n) is 9.18. The van der Waals surface area contributed by atoms with Crippen LogP contribution in [-0.4, -0.2) is 61.7 Å². The summed E-state index contributed by atoms with van der Waals surface area (Å²) < 4.78 is 94.2. The molecule has 38 heavy (non-hydrogen) atoms. The van der Waals surface area contributed by atoms with Gasteiger partial charge in [-0.3, -0.25) is 9.84 Å². The monoisotopic (exact) mass is 549 g/mol. The van der Waals surface area contributed by atoms with E-state index < -0.39 is 49.6 Å². The molecule has 3 aromatic heterocycles. The standard InChI is InChI=1S/C21H21F6N7O4/c1-20(2-3-20)30-19(35)38-13-8-36-16(15(13)22)10-5-14(32-31-10)29-18-12-4-9(7-37-21(25,26)27)33-34(12)6-11(28-18)17(23)24/h4-6,13,15-17H,2-3,7-8H2,1H3,(H,30,35)(H2,28,29,31,32)/t13-,15-,16-/m1/s1. The highest BCUT2D eigenvalue weighted by atomic mass is 19.4. The molecule has 17 heteroatoms. The summed E-state index contributed by atoms with van der Waals surface area (Å²) in [5, 5.41) is 15.7. The molecule has 0 unspecified atom stereocenters. The maximum atomic E-state index is 15.0. The van der Waals surface area contributed by atoms with E-state index in [-0.39, 0.29) is 40.7 Å². The van der Waals surface area contributed by atoms with E-state index in [2.05, 4.69) is 35.7 Å². The van der Waals surface area contributed by atoms with Gasteiger partial charge in [0.1, 0.15) is 23.9 Å². The molecule has 4 heterocycles. The van der Waals surface area contributed by atoms with Crippen molar-refractivity contribution in [1.82, 2.24) is 30.1 Å². The predicted molar refractivity (Wildman–Crippen MR) is 115 cm³/mol. The van der Waals surface area contributed by atoms with Crippen molar-refractivity contribution in [3.8, 4) is 0 Å². The van der Waals surface area contributed by atoms with Crippen molar-refractivity contribution in [2.75, 3.05) is 11.9 Å². The number of carbonyl (C=O) groups is 1. The van der Waals surface area contributed by atoms with Crippen LogP contribution >= 0.6 is 0 Å². The molecule has 2 aliphatic rings. The number of hydrogen-bond acceptors (Lipinski definition) is 8. The fraction of sp³-hybridized carbons (Fsp3) is 0.524. The number of aromatic nitrogens is 5. The fourth-order valence-electron chi connectivity index (χ4n) is 3.82. The Kier molecular flexibility index (Phi) is 6.58. The first-order valence-corrected chi connectivity index (χ1v) is 11.3. The molecule has 0 spiro atoms. The molecule has 3 N–H and O–H groups in total. The molecule has 0 aromatic carbocycles. The normalized spacial score (nSPS) is 22.7. The third-order valence-corrected chi connectivity index (χ3v) is 6.03. The number of halogens is 6. The molecule has 1 aliphatic carbocycles. The van der Waals surface area contributed by atoms with Crippen LogP contribution < -0.4 is 10.6 Å². The van der Waals surface area contributed by atoms with Gasteiger partial charge in [0, 0.05) is 11.6 Å². The minimum Gasteiger partial charge on any atom is -0.441 e. The van der Waals surface area contributed by atoms with Crippen molar-refractivity contribution in [3.63, 3.8) is 0 Å². The van der Waals surface area contributed by atoms with E-state index in [1.807, 2.05) is 6.92 Å². The number of aromatic amines is 1. The molecule has 206 valence electrons. The quantitative estimate of drug-likeness (QED) is 0.357. The van der Waals surface area contributed by atoms with Crippen molar-refractivity contribution >= 4 is 23.2 Å². The maximum absolute atomic E-state index is 15.0. The highest BCUT2D eigenvalue weighted by Crippen LogP contribution is 2.36. The lowest BCUT2D eigenvalue weighted by Crippen LogP contribution is -2.39. The van der Waals surface area contributed by atoms with Gasteiger partial charge in [-0.15, -0.1) is 13.2 Å². The van der Waals surface area contributed by atoms with Crippen LogP contribution in [0, 0.1) is 0 Å². The van der Waals surface area contributed by atoms with Crippen LogP contribution in [0.5, 0.6) is 0 Å². The lowest BCUT2D eigenvalue weighted by Gasteiger charge is -2.17. The molecule has 0 radical (unpaired) electrons. The Morgan fingerprint density at radius 2 is 2.11 bits per heavy atom. The summed E-state index contributed by atoms with van der Waals surface area (Å²) in [5.41, 5.74) is -1.01. The van der Waals surface area contributed by atoms with Crippen LogP contribution in [0.15, 0.2) is 18.3 Å². The van der Waals surface area contributed by atoms with E-state index in [4.69, 9.17) is 9.47 Å². The van der Waals surface area contributed by atoms with Crippen LogP contribution in [-0.2, 0) is 20.8 Å². The molecular weight excluding hydrogens is 528 g/mol. The number of ether oxygens (including phenoxy) is 3. The molecule has 3 atom stereocenters. The van der Waals surface area contributed by atoms with Crippen molar-refractivity contribution in [1.29, 1.82) is 0 Å². The van der Waals surface area contributed by atoms with Gasteiger partial charge < -0.3 is 20.1 Å². The lowest BCUT2D eigenvalue weighted by atomic mass is 10.1. The van der Waals surface area contributed by atoms with Gasteiger partial charge in [-0.05, 0) is 25.8 Å². The Bertz CT molecular complexity index is 1330. The SMILES string of the molecule is CC1(NC(=O)O[C@@H]2CO[C@H](c3cc(Nc4nc(C(F)F)cn5nc(COC(F)(F)F)cc45)n[nH]3)[C@@H]2F)CC1. The zero-order valence-corrected chi connectivity index (χ0v) is 19.6. The summed E-state index contributed by atoms with van der Waals surface area (Å²) in [5.74, 6) is -0.170. The topological polar surface area (TPSA) is 128 Å². The van der Waals surface area contributed by atoms with E-state index in [0.29, 0.717) is 0 Å². The fourth-order valence-corrected chi connectivity index (χ4v) is 3.82. The number of hydrogen-bond donors (Lipinski definition) is 3. The van der Waals surface area contributed by atoms with E-state index in [1.165, 1.54) is 12.1 Å². The number of amides is 1. The first-order chi connectivity index (χ1) is 17.9. The smallest absolute Gasteiger partial charge is 0.441 e. The second kappa shape index (κ2) is 9.61. The molecule has 3 aromatic rings. The van der Waals surface area contributed by atoms with Crippen LogP contribution in [0.4, 0.5) is 42.8 Å². The van der Waals surface area contributed by atoms with E-state index in [0.717, 1.165) is 23.6 Å². The number of H-pyrrole nitrogens is 1. The Morgan fingerprint density at radius 1 is 1.34 bits per heavy atom. The average molecular weight is 549 g/mol. The molecule has 0 bridgehead atoms. The molecule has 5 rings (SSSR count). The highest BCUT2D eigenvalue weighted by Gasteiger charge is 2.44. The molecule has 1 saturated heterocycles. The van der Waals surface area contributed by atoms with Crippen molar-refractivity contribution < 1.29 is 45.3 Å². The first kappa shape index (κ1) is 26.0. The number of carbonyl (C=O) groups excluding carboxylic acids is 1. The number of rotatable bonds is 8. The van der Waals surface area contributed by atoms with Gasteiger partial charge in [0.25, 0.3) is 6.43 Å². The second-order valence-corrected chi connectivity index (χ2v) is 9.18. The number of anilines is 2. The van der Waals surface area contributed by atoms with Crippen LogP contribution in [0.3, 0.4) is 0 Å². The highest BCUT2D eigenvalue weighted by molar-refractivity contribution is 5.72. The lowest BCUT2D eigenvalue weighted by molar-refractivity contribution is -0.330. The number of nitrogens with zero attached hydrogens (tertiary/aromatic N) is 4. The average Bonchev–Trinajstić information content (AvgIpc) is 3.19. The number of fused-ring (bicyclic) bond motifs is 1. The number of alkyl halides is 6. The summed E-state index contributed by atoms with van der Waals surface area (Å²) in [4.78, 5) is 15.8. The molecule has 1 saturated carbocycles. The van der Waals surface area contributed by atoms with Gasteiger partial charge in [-0.2, -0.15) is 10.2 Å². The van der Waals surface area contributed by atoms with Gasteiger partial charge in [-0.25, -0.2) is 27.5 Å². The number of alkyl carbamates (subject to hydrolysis) is 1. The Morgan fingerprint density at radius 3 is 2.79 bits per heavy atom. The molecule has 2 fully saturated rings. The van der Waals surface area contributed by atoms with Gasteiger partial charge in [0.2, 0.25) is 0 Å². The van der Waals surface area contributed by atoms with Crippen LogP contribution in [0.1, 0.15) is 49.4 Å². The minimum absolute atomic E-state index is 0.0228. The summed E-state index contributed by atoms with van der Waals surface area (Å²) >= 11 is 0. The third-order valence-electron chi connectivity index (χ3n) is 6.03. The van der Waals surface area contributed by atoms with Gasteiger partial charge in [0.05, 0.1) is 24.2 Å². The van der Waals surface area contributed by atoms with Crippen molar-refractivity contribution in [2.45, 2.75) is 63.1 Å². The van der Waals surface area contributed by atoms with E-state index in [1.54, 1.807) is 0 Å². The van der Waals surface area contributed by atoms with Crippen LogP contribution in [0.2, 0.25) is 0 Å². The third kappa shape index (κ3) is 5.77. The van der Waals surface area contributed by atoms with E-state index in [9.17, 15) is 31.1 Å². The largest absolute Gasteiger partial charge is 0.522 e. The van der Waals surface area contributed by atoms with E-state index >= 15 is 0 Å². The molecule has 1 aliphatic heterocycles. The van der Waals surface area contributed by atoms with Gasteiger partial charge in [-0.1, -0.05) is 0 Å².